The molecule has 0 saturated carbocycles. The first-order chi connectivity index (χ1) is 6.38. The molecule has 0 amide bonds. The fraction of sp³-hybridized carbons (Fsp3) is 0.778. The predicted octanol–water partition coefficient (Wildman–Crippen LogP) is 1.20. The maximum absolute atomic E-state index is 11.1. The van der Waals surface area contributed by atoms with Crippen molar-refractivity contribution in [3.8, 4) is 0 Å². The van der Waals surface area contributed by atoms with E-state index in [-0.39, 0.29) is 6.61 Å². The van der Waals surface area contributed by atoms with Crippen LogP contribution < -0.4 is 5.73 Å². The zero-order chi connectivity index (χ0) is 11.2. The molecule has 0 atom stereocenters. The number of unbranched alkanes of at least 4 members (excludes halogenated alkanes) is 1. The third kappa shape index (κ3) is 5.53. The average molecular weight is 203 g/mol. The number of esters is 1. The molecule has 0 saturated heterocycles. The summed E-state index contributed by atoms with van der Waals surface area (Å²) in [4.78, 5) is 21.9. The fourth-order valence-electron chi connectivity index (χ4n) is 0.537. The van der Waals surface area contributed by atoms with Gasteiger partial charge in [0.15, 0.2) is 0 Å². The van der Waals surface area contributed by atoms with E-state index in [9.17, 15) is 9.59 Å². The minimum Gasteiger partial charge on any atom is -0.434 e. The largest absolute Gasteiger partial charge is 0.516 e. The molecule has 0 aliphatic heterocycles. The summed E-state index contributed by atoms with van der Waals surface area (Å²) in [7, 11) is 0. The van der Waals surface area contributed by atoms with Crippen molar-refractivity contribution < 1.29 is 19.1 Å². The Balaban J connectivity index is 3.78. The van der Waals surface area contributed by atoms with Gasteiger partial charge in [-0.05, 0) is 20.3 Å². The van der Waals surface area contributed by atoms with Crippen LogP contribution >= 0.6 is 0 Å². The van der Waals surface area contributed by atoms with Crippen molar-refractivity contribution in [2.45, 2.75) is 39.2 Å². The normalized spacial score (nSPS) is 10.9. The number of nitrogens with two attached hydrogens (primary N) is 1. The maximum atomic E-state index is 11.1. The topological polar surface area (TPSA) is 78.6 Å². The van der Waals surface area contributed by atoms with E-state index < -0.39 is 17.7 Å². The highest BCUT2D eigenvalue weighted by Gasteiger charge is 2.26. The lowest BCUT2D eigenvalue weighted by atomic mass is 10.1. The number of ether oxygens (including phenoxy) is 2. The number of carbonyl (C=O) groups excluding carboxylic acids is 2. The van der Waals surface area contributed by atoms with E-state index in [1.54, 1.807) is 0 Å². The van der Waals surface area contributed by atoms with Crippen molar-refractivity contribution in [2.75, 3.05) is 6.61 Å². The van der Waals surface area contributed by atoms with Crippen LogP contribution in [0.3, 0.4) is 0 Å². The van der Waals surface area contributed by atoms with Gasteiger partial charge in [-0.2, -0.15) is 0 Å². The van der Waals surface area contributed by atoms with E-state index in [1.807, 2.05) is 6.92 Å². The molecule has 0 aromatic rings. The van der Waals surface area contributed by atoms with Crippen molar-refractivity contribution in [1.82, 2.24) is 0 Å². The molecule has 0 unspecified atom stereocenters. The molecule has 0 aliphatic rings. The Bertz CT molecular complexity index is 207. The molecule has 0 rings (SSSR count). The third-order valence-electron chi connectivity index (χ3n) is 1.42. The van der Waals surface area contributed by atoms with Crippen LogP contribution in [0.4, 0.5) is 4.79 Å². The van der Waals surface area contributed by atoms with E-state index in [2.05, 4.69) is 9.47 Å². The molecule has 0 spiro atoms. The molecule has 5 nitrogen and oxygen atoms in total. The summed E-state index contributed by atoms with van der Waals surface area (Å²) in [6.07, 6.45) is 0.667. The van der Waals surface area contributed by atoms with Gasteiger partial charge in [0.05, 0.1) is 6.61 Å². The molecule has 0 aliphatic carbocycles. The van der Waals surface area contributed by atoms with Gasteiger partial charge in [0.2, 0.25) is 0 Å². The second-order valence-corrected chi connectivity index (χ2v) is 3.56. The van der Waals surface area contributed by atoms with Gasteiger partial charge >= 0.3 is 12.1 Å². The molecule has 0 aromatic heterocycles. The average Bonchev–Trinajstić information content (AvgIpc) is 2.03. The molecule has 5 heteroatoms. The first-order valence-corrected chi connectivity index (χ1v) is 4.56. The Hall–Kier alpha value is -1.10. The van der Waals surface area contributed by atoms with Crippen LogP contribution in [0.1, 0.15) is 33.6 Å². The van der Waals surface area contributed by atoms with E-state index in [1.165, 1.54) is 13.8 Å². The zero-order valence-electron chi connectivity index (χ0n) is 8.83. The SMILES string of the molecule is CCCCOC(=O)OC(=O)C(C)(C)N. The Kier molecular flexibility index (Phi) is 5.15. The second kappa shape index (κ2) is 5.59. The van der Waals surface area contributed by atoms with E-state index in [0.717, 1.165) is 12.8 Å². The van der Waals surface area contributed by atoms with Gasteiger partial charge < -0.3 is 15.2 Å². The number of carbonyl (C=O) groups is 2. The van der Waals surface area contributed by atoms with Gasteiger partial charge in [0, 0.05) is 0 Å². The Morgan fingerprint density at radius 3 is 2.36 bits per heavy atom. The van der Waals surface area contributed by atoms with E-state index >= 15 is 0 Å². The van der Waals surface area contributed by atoms with Crippen molar-refractivity contribution >= 4 is 12.1 Å². The summed E-state index contributed by atoms with van der Waals surface area (Å²) in [5.74, 6) is -0.793. The third-order valence-corrected chi connectivity index (χ3v) is 1.42. The van der Waals surface area contributed by atoms with Gasteiger partial charge in [-0.15, -0.1) is 0 Å². The molecule has 0 radical (unpaired) electrons. The Labute approximate surface area is 83.5 Å². The number of hydrogen-bond donors (Lipinski definition) is 1. The first-order valence-electron chi connectivity index (χ1n) is 4.56. The smallest absolute Gasteiger partial charge is 0.434 e. The number of rotatable bonds is 4. The molecular weight excluding hydrogens is 186 g/mol. The second-order valence-electron chi connectivity index (χ2n) is 3.56. The quantitative estimate of drug-likeness (QED) is 0.422. The zero-order valence-corrected chi connectivity index (χ0v) is 8.83. The molecule has 0 heterocycles. The lowest BCUT2D eigenvalue weighted by Crippen LogP contribution is -2.43. The highest BCUT2D eigenvalue weighted by atomic mass is 16.7. The minimum absolute atomic E-state index is 0.258. The van der Waals surface area contributed by atoms with Crippen molar-refractivity contribution in [2.24, 2.45) is 5.73 Å². The van der Waals surface area contributed by atoms with Crippen molar-refractivity contribution in [3.63, 3.8) is 0 Å². The van der Waals surface area contributed by atoms with Crippen LogP contribution in [0.25, 0.3) is 0 Å². The molecular formula is C9H17NO4. The fourth-order valence-corrected chi connectivity index (χ4v) is 0.537. The first kappa shape index (κ1) is 12.9. The highest BCUT2D eigenvalue weighted by Crippen LogP contribution is 2.01. The van der Waals surface area contributed by atoms with Crippen molar-refractivity contribution in [1.29, 1.82) is 0 Å². The van der Waals surface area contributed by atoms with Gasteiger partial charge in [-0.1, -0.05) is 13.3 Å². The number of hydrogen-bond acceptors (Lipinski definition) is 5. The van der Waals surface area contributed by atoms with Crippen LogP contribution in [0.2, 0.25) is 0 Å². The molecule has 14 heavy (non-hydrogen) atoms. The summed E-state index contributed by atoms with van der Waals surface area (Å²) < 4.78 is 8.95. The van der Waals surface area contributed by atoms with E-state index in [0.29, 0.717) is 0 Å². The van der Waals surface area contributed by atoms with Gasteiger partial charge in [0.1, 0.15) is 5.54 Å². The van der Waals surface area contributed by atoms with Crippen LogP contribution in [-0.4, -0.2) is 24.3 Å². The Morgan fingerprint density at radius 2 is 1.93 bits per heavy atom. The molecule has 0 aromatic carbocycles. The van der Waals surface area contributed by atoms with Crippen LogP contribution in [0.5, 0.6) is 0 Å². The van der Waals surface area contributed by atoms with Gasteiger partial charge in [-0.25, -0.2) is 9.59 Å². The Morgan fingerprint density at radius 1 is 1.36 bits per heavy atom. The summed E-state index contributed by atoms with van der Waals surface area (Å²) in [5.41, 5.74) is 4.22. The summed E-state index contributed by atoms with van der Waals surface area (Å²) in [5, 5.41) is 0. The molecule has 82 valence electrons. The molecule has 0 bridgehead atoms. The highest BCUT2D eigenvalue weighted by molar-refractivity contribution is 5.87. The molecule has 2 N–H and O–H groups in total. The predicted molar refractivity (Wildman–Crippen MR) is 50.6 cm³/mol. The van der Waals surface area contributed by atoms with Crippen LogP contribution in [0.15, 0.2) is 0 Å². The van der Waals surface area contributed by atoms with E-state index in [4.69, 9.17) is 5.73 Å². The summed E-state index contributed by atoms with van der Waals surface area (Å²) in [6.45, 7) is 5.12. The minimum atomic E-state index is -1.18. The standard InChI is InChI=1S/C9H17NO4/c1-4-5-6-13-8(12)14-7(11)9(2,3)10/h4-6,10H2,1-3H3. The lowest BCUT2D eigenvalue weighted by Gasteiger charge is -2.14. The van der Waals surface area contributed by atoms with Gasteiger partial charge in [-0.3, -0.25) is 0 Å². The van der Waals surface area contributed by atoms with Crippen LogP contribution in [-0.2, 0) is 14.3 Å². The van der Waals surface area contributed by atoms with Gasteiger partial charge in [0.25, 0.3) is 0 Å². The maximum Gasteiger partial charge on any atom is 0.516 e. The van der Waals surface area contributed by atoms with Crippen molar-refractivity contribution in [3.05, 3.63) is 0 Å². The monoisotopic (exact) mass is 203 g/mol. The summed E-state index contributed by atoms with van der Waals surface area (Å²) in [6, 6.07) is 0. The molecule has 0 fully saturated rings. The van der Waals surface area contributed by atoms with Crippen LogP contribution in [0, 0.1) is 0 Å². The summed E-state index contributed by atoms with van der Waals surface area (Å²) >= 11 is 0. The lowest BCUT2D eigenvalue weighted by molar-refractivity contribution is -0.144.